The molecule has 32 heavy (non-hydrogen) atoms. The smallest absolute Gasteiger partial charge is 0.257 e. The molecular formula is C25H25N3O3S. The predicted molar refractivity (Wildman–Crippen MR) is 131 cm³/mol. The SMILES string of the molecule is CCCC(=O)Nc1cccc(NC(=S)NC(=O)c2ccc(OCc3ccccc3)cc2)c1. The second kappa shape index (κ2) is 11.6. The Labute approximate surface area is 193 Å². The molecule has 164 valence electrons. The highest BCUT2D eigenvalue weighted by molar-refractivity contribution is 7.80. The lowest BCUT2D eigenvalue weighted by atomic mass is 10.2. The molecule has 3 aromatic carbocycles. The average molecular weight is 448 g/mol. The quantitative estimate of drug-likeness (QED) is 0.417. The molecule has 0 unspecified atom stereocenters. The van der Waals surface area contributed by atoms with Crippen LogP contribution in [0, 0.1) is 0 Å². The van der Waals surface area contributed by atoms with Crippen LogP contribution < -0.4 is 20.7 Å². The fourth-order valence-corrected chi connectivity index (χ4v) is 3.12. The van der Waals surface area contributed by atoms with Gasteiger partial charge in [-0.25, -0.2) is 0 Å². The second-order valence-corrected chi connectivity index (χ2v) is 7.49. The number of hydrogen-bond donors (Lipinski definition) is 3. The number of rotatable bonds is 8. The van der Waals surface area contributed by atoms with Crippen molar-refractivity contribution < 1.29 is 14.3 Å². The van der Waals surface area contributed by atoms with Gasteiger partial charge >= 0.3 is 0 Å². The minimum Gasteiger partial charge on any atom is -0.489 e. The number of nitrogens with one attached hydrogen (secondary N) is 3. The molecule has 0 saturated carbocycles. The van der Waals surface area contributed by atoms with Gasteiger partial charge < -0.3 is 15.4 Å². The third kappa shape index (κ3) is 7.21. The number of amides is 2. The Morgan fingerprint density at radius 2 is 1.56 bits per heavy atom. The van der Waals surface area contributed by atoms with Crippen LogP contribution in [0.1, 0.15) is 35.7 Å². The van der Waals surface area contributed by atoms with Crippen LogP contribution in [-0.2, 0) is 11.4 Å². The maximum Gasteiger partial charge on any atom is 0.257 e. The molecule has 0 aliphatic carbocycles. The third-order valence-corrected chi connectivity index (χ3v) is 4.68. The minimum atomic E-state index is -0.329. The maximum atomic E-state index is 12.5. The lowest BCUT2D eigenvalue weighted by molar-refractivity contribution is -0.116. The number of hydrogen-bond acceptors (Lipinski definition) is 4. The van der Waals surface area contributed by atoms with Gasteiger partial charge in [0.15, 0.2) is 5.11 Å². The van der Waals surface area contributed by atoms with Gasteiger partial charge in [-0.05, 0) is 66.7 Å². The van der Waals surface area contributed by atoms with E-state index in [0.29, 0.717) is 35.7 Å². The van der Waals surface area contributed by atoms with Gasteiger partial charge in [0, 0.05) is 23.4 Å². The average Bonchev–Trinajstić information content (AvgIpc) is 2.79. The van der Waals surface area contributed by atoms with E-state index < -0.39 is 0 Å². The Bertz CT molecular complexity index is 1070. The van der Waals surface area contributed by atoms with Crippen molar-refractivity contribution >= 4 is 40.5 Å². The van der Waals surface area contributed by atoms with Crippen LogP contribution in [0.3, 0.4) is 0 Å². The molecule has 0 radical (unpaired) electrons. The van der Waals surface area contributed by atoms with E-state index in [9.17, 15) is 9.59 Å². The van der Waals surface area contributed by atoms with E-state index >= 15 is 0 Å². The van der Waals surface area contributed by atoms with Crippen LogP contribution in [0.4, 0.5) is 11.4 Å². The Balaban J connectivity index is 1.51. The number of anilines is 2. The van der Waals surface area contributed by atoms with Gasteiger partial charge in [-0.2, -0.15) is 0 Å². The van der Waals surface area contributed by atoms with E-state index in [1.165, 1.54) is 0 Å². The summed E-state index contributed by atoms with van der Waals surface area (Å²) >= 11 is 5.25. The summed E-state index contributed by atoms with van der Waals surface area (Å²) in [6.45, 7) is 2.41. The highest BCUT2D eigenvalue weighted by atomic mass is 32.1. The van der Waals surface area contributed by atoms with Crippen molar-refractivity contribution in [3.05, 3.63) is 90.0 Å². The fourth-order valence-electron chi connectivity index (χ4n) is 2.91. The minimum absolute atomic E-state index is 0.0447. The molecule has 7 heteroatoms. The van der Waals surface area contributed by atoms with E-state index in [1.54, 1.807) is 48.5 Å². The molecule has 0 saturated heterocycles. The Hall–Kier alpha value is -3.71. The topological polar surface area (TPSA) is 79.5 Å². The molecular weight excluding hydrogens is 422 g/mol. The van der Waals surface area contributed by atoms with E-state index in [2.05, 4.69) is 16.0 Å². The molecule has 3 rings (SSSR count). The summed E-state index contributed by atoms with van der Waals surface area (Å²) in [7, 11) is 0. The first kappa shape index (κ1) is 23.0. The number of carbonyl (C=O) groups is 2. The van der Waals surface area contributed by atoms with E-state index in [0.717, 1.165) is 12.0 Å². The van der Waals surface area contributed by atoms with Crippen molar-refractivity contribution in [1.29, 1.82) is 0 Å². The molecule has 2 amide bonds. The number of benzene rings is 3. The van der Waals surface area contributed by atoms with Gasteiger partial charge in [0.25, 0.3) is 5.91 Å². The zero-order valence-electron chi connectivity index (χ0n) is 17.8. The van der Waals surface area contributed by atoms with Gasteiger partial charge in [-0.15, -0.1) is 0 Å². The summed E-state index contributed by atoms with van der Waals surface area (Å²) < 4.78 is 5.74. The molecule has 0 atom stereocenters. The van der Waals surface area contributed by atoms with Gasteiger partial charge in [0.1, 0.15) is 12.4 Å². The van der Waals surface area contributed by atoms with E-state index in [4.69, 9.17) is 17.0 Å². The normalized spacial score (nSPS) is 10.2. The predicted octanol–water partition coefficient (Wildman–Crippen LogP) is 5.13. The first-order valence-electron chi connectivity index (χ1n) is 10.3. The molecule has 3 N–H and O–H groups in total. The Morgan fingerprint density at radius 1 is 0.875 bits per heavy atom. The van der Waals surface area contributed by atoms with Crippen molar-refractivity contribution in [3.63, 3.8) is 0 Å². The van der Waals surface area contributed by atoms with Crippen LogP contribution in [-0.4, -0.2) is 16.9 Å². The first-order valence-corrected chi connectivity index (χ1v) is 10.7. The largest absolute Gasteiger partial charge is 0.489 e. The van der Waals surface area contributed by atoms with Gasteiger partial charge in [0.2, 0.25) is 5.91 Å². The highest BCUT2D eigenvalue weighted by Gasteiger charge is 2.09. The summed E-state index contributed by atoms with van der Waals surface area (Å²) in [5.41, 5.74) is 2.85. The lowest BCUT2D eigenvalue weighted by Crippen LogP contribution is -2.34. The molecule has 6 nitrogen and oxygen atoms in total. The molecule has 0 spiro atoms. The molecule has 3 aromatic rings. The van der Waals surface area contributed by atoms with Crippen molar-refractivity contribution in [3.8, 4) is 5.75 Å². The molecule has 0 bridgehead atoms. The number of ether oxygens (including phenoxy) is 1. The summed E-state index contributed by atoms with van der Waals surface area (Å²) in [5, 5.41) is 8.61. The van der Waals surface area contributed by atoms with Crippen LogP contribution in [0.2, 0.25) is 0 Å². The molecule has 0 fully saturated rings. The fraction of sp³-hybridized carbons (Fsp3) is 0.160. The summed E-state index contributed by atoms with van der Waals surface area (Å²) in [6, 6.07) is 23.9. The van der Waals surface area contributed by atoms with Crippen LogP contribution >= 0.6 is 12.2 Å². The third-order valence-electron chi connectivity index (χ3n) is 4.47. The van der Waals surface area contributed by atoms with Crippen molar-refractivity contribution in [2.45, 2.75) is 26.4 Å². The highest BCUT2D eigenvalue weighted by Crippen LogP contribution is 2.16. The summed E-state index contributed by atoms with van der Waals surface area (Å²) in [4.78, 5) is 24.2. The van der Waals surface area contributed by atoms with Gasteiger partial charge in [0.05, 0.1) is 0 Å². The van der Waals surface area contributed by atoms with Crippen LogP contribution in [0.5, 0.6) is 5.75 Å². The monoisotopic (exact) mass is 447 g/mol. The molecule has 0 aliphatic rings. The van der Waals surface area contributed by atoms with Crippen LogP contribution in [0.15, 0.2) is 78.9 Å². The van der Waals surface area contributed by atoms with Crippen LogP contribution in [0.25, 0.3) is 0 Å². The first-order chi connectivity index (χ1) is 15.5. The van der Waals surface area contributed by atoms with Crippen molar-refractivity contribution in [1.82, 2.24) is 5.32 Å². The van der Waals surface area contributed by atoms with E-state index in [1.807, 2.05) is 37.3 Å². The van der Waals surface area contributed by atoms with E-state index in [-0.39, 0.29) is 16.9 Å². The number of thiocarbonyl (C=S) groups is 1. The molecule has 0 heterocycles. The maximum absolute atomic E-state index is 12.5. The zero-order valence-corrected chi connectivity index (χ0v) is 18.6. The Morgan fingerprint density at radius 3 is 2.25 bits per heavy atom. The van der Waals surface area contributed by atoms with Gasteiger partial charge in [-0.3, -0.25) is 14.9 Å². The standard InChI is InChI=1S/C25H25N3O3S/c1-2-7-23(29)26-20-10-6-11-21(16-20)27-25(32)28-24(30)19-12-14-22(15-13-19)31-17-18-8-4-3-5-9-18/h3-6,8-16H,2,7,17H2,1H3,(H,26,29)(H2,27,28,30,32). The van der Waals surface area contributed by atoms with Crippen molar-refractivity contribution in [2.75, 3.05) is 10.6 Å². The summed E-state index contributed by atoms with van der Waals surface area (Å²) in [5.74, 6) is 0.300. The Kier molecular flexibility index (Phi) is 8.34. The zero-order chi connectivity index (χ0) is 22.8. The lowest BCUT2D eigenvalue weighted by Gasteiger charge is -2.12. The molecule has 0 aromatic heterocycles. The molecule has 0 aliphatic heterocycles. The van der Waals surface area contributed by atoms with Crippen molar-refractivity contribution in [2.24, 2.45) is 0 Å². The van der Waals surface area contributed by atoms with Gasteiger partial charge in [-0.1, -0.05) is 43.3 Å². The number of carbonyl (C=O) groups excluding carboxylic acids is 2. The summed E-state index contributed by atoms with van der Waals surface area (Å²) in [6.07, 6.45) is 1.24. The second-order valence-electron chi connectivity index (χ2n) is 7.09.